The second-order valence-electron chi connectivity index (χ2n) is 7.77. The average molecular weight is 436 g/mol. The number of benzene rings is 1. The average Bonchev–Trinajstić information content (AvgIpc) is 2.68. The lowest BCUT2D eigenvalue weighted by molar-refractivity contribution is 0.0926. The Morgan fingerprint density at radius 2 is 1.69 bits per heavy atom. The minimum atomic E-state index is -0.118. The Hall–Kier alpha value is -2.05. The fraction of sp³-hybridized carbons (Fsp3) is 0.476. The van der Waals surface area contributed by atoms with Gasteiger partial charge >= 0.3 is 0 Å². The molecule has 1 heterocycles. The van der Waals surface area contributed by atoms with Gasteiger partial charge in [-0.25, -0.2) is 4.98 Å². The first kappa shape index (κ1) is 21.7. The molecule has 0 radical (unpaired) electrons. The van der Waals surface area contributed by atoms with Crippen molar-refractivity contribution in [1.29, 1.82) is 0 Å². The number of halogens is 2. The second kappa shape index (κ2) is 9.18. The van der Waals surface area contributed by atoms with E-state index in [1.54, 1.807) is 18.2 Å². The summed E-state index contributed by atoms with van der Waals surface area (Å²) in [4.78, 5) is 23.7. The molecule has 29 heavy (non-hydrogen) atoms. The Kier molecular flexibility index (Phi) is 6.85. The number of hydrogen-bond acceptors (Lipinski definition) is 5. The van der Waals surface area contributed by atoms with Gasteiger partial charge in [-0.05, 0) is 57.7 Å². The second-order valence-corrected chi connectivity index (χ2v) is 8.59. The molecule has 0 aliphatic heterocycles. The maximum absolute atomic E-state index is 12.5. The van der Waals surface area contributed by atoms with Crippen LogP contribution in [0.25, 0.3) is 0 Å². The Balaban J connectivity index is 1.55. The molecule has 156 valence electrons. The molecule has 1 aliphatic carbocycles. The third-order valence-electron chi connectivity index (χ3n) is 5.36. The molecule has 0 spiro atoms. The summed E-state index contributed by atoms with van der Waals surface area (Å²) in [5, 5.41) is 7.40. The van der Waals surface area contributed by atoms with E-state index >= 15 is 0 Å². The van der Waals surface area contributed by atoms with E-state index in [0.29, 0.717) is 27.6 Å². The zero-order valence-electron chi connectivity index (χ0n) is 17.2. The first-order valence-electron chi connectivity index (χ1n) is 9.79. The van der Waals surface area contributed by atoms with Crippen molar-refractivity contribution in [2.45, 2.75) is 51.6 Å². The van der Waals surface area contributed by atoms with Gasteiger partial charge in [-0.3, -0.25) is 4.79 Å². The van der Waals surface area contributed by atoms with Crippen LogP contribution in [0.2, 0.25) is 10.0 Å². The number of rotatable bonds is 5. The van der Waals surface area contributed by atoms with E-state index in [1.807, 2.05) is 32.8 Å². The van der Waals surface area contributed by atoms with Gasteiger partial charge in [-0.2, -0.15) is 4.98 Å². The Bertz CT molecular complexity index is 895. The van der Waals surface area contributed by atoms with Crippen LogP contribution >= 0.6 is 23.2 Å². The summed E-state index contributed by atoms with van der Waals surface area (Å²) in [6.07, 6.45) is 3.69. The van der Waals surface area contributed by atoms with Gasteiger partial charge in [0.1, 0.15) is 5.82 Å². The number of carbonyl (C=O) groups is 1. The highest BCUT2D eigenvalue weighted by molar-refractivity contribution is 6.42. The maximum atomic E-state index is 12.5. The van der Waals surface area contributed by atoms with Crippen LogP contribution in [0.4, 0.5) is 11.8 Å². The number of hydrogen-bond donors (Lipinski definition) is 2. The van der Waals surface area contributed by atoms with Gasteiger partial charge in [0.25, 0.3) is 5.91 Å². The van der Waals surface area contributed by atoms with Crippen LogP contribution in [-0.4, -0.2) is 42.1 Å². The standard InChI is InChI=1S/C21H27Cl2N5O/c1-12-13(2)24-21(27-19(12)28(3)4)26-16-8-6-15(7-9-16)25-20(29)14-5-10-17(22)18(23)11-14/h5,10-11,15-16H,6-9H2,1-4H3,(H,25,29)(H,24,26,27). The predicted octanol–water partition coefficient (Wildman–Crippen LogP) is 4.62. The molecule has 2 N–H and O–H groups in total. The molecule has 1 aliphatic rings. The van der Waals surface area contributed by atoms with Crippen LogP contribution in [0.1, 0.15) is 47.3 Å². The maximum Gasteiger partial charge on any atom is 0.251 e. The van der Waals surface area contributed by atoms with Crippen LogP contribution in [0, 0.1) is 13.8 Å². The molecule has 1 fully saturated rings. The normalized spacial score (nSPS) is 19.0. The number of anilines is 2. The number of aromatic nitrogens is 2. The van der Waals surface area contributed by atoms with Gasteiger partial charge in [0.2, 0.25) is 5.95 Å². The lowest BCUT2D eigenvalue weighted by Crippen LogP contribution is -2.40. The number of amides is 1. The molecule has 1 amide bonds. The van der Waals surface area contributed by atoms with E-state index < -0.39 is 0 Å². The quantitative estimate of drug-likeness (QED) is 0.716. The van der Waals surface area contributed by atoms with Gasteiger partial charge < -0.3 is 15.5 Å². The van der Waals surface area contributed by atoms with E-state index in [9.17, 15) is 4.79 Å². The van der Waals surface area contributed by atoms with Gasteiger partial charge in [0.15, 0.2) is 0 Å². The van der Waals surface area contributed by atoms with Crippen LogP contribution < -0.4 is 15.5 Å². The lowest BCUT2D eigenvalue weighted by atomic mass is 9.91. The summed E-state index contributed by atoms with van der Waals surface area (Å²) in [7, 11) is 3.97. The van der Waals surface area contributed by atoms with Crippen LogP contribution in [0.3, 0.4) is 0 Å². The first-order chi connectivity index (χ1) is 13.7. The SMILES string of the molecule is Cc1nc(NC2CCC(NC(=O)c3ccc(Cl)c(Cl)c3)CC2)nc(N(C)C)c1C. The van der Waals surface area contributed by atoms with Crippen molar-refractivity contribution >= 4 is 40.9 Å². The van der Waals surface area contributed by atoms with E-state index in [0.717, 1.165) is 42.8 Å². The molecule has 8 heteroatoms. The van der Waals surface area contributed by atoms with Crippen molar-refractivity contribution in [3.63, 3.8) is 0 Å². The smallest absolute Gasteiger partial charge is 0.251 e. The summed E-state index contributed by atoms with van der Waals surface area (Å²) < 4.78 is 0. The number of nitrogens with one attached hydrogen (secondary N) is 2. The zero-order chi connectivity index (χ0) is 21.1. The van der Waals surface area contributed by atoms with E-state index in [-0.39, 0.29) is 11.9 Å². The molecule has 0 unspecified atom stereocenters. The van der Waals surface area contributed by atoms with Crippen molar-refractivity contribution in [3.05, 3.63) is 45.1 Å². The molecule has 2 aromatic rings. The Morgan fingerprint density at radius 3 is 2.31 bits per heavy atom. The van der Waals surface area contributed by atoms with E-state index in [4.69, 9.17) is 23.2 Å². The third-order valence-corrected chi connectivity index (χ3v) is 6.10. The molecule has 0 saturated heterocycles. The molecule has 1 saturated carbocycles. The lowest BCUT2D eigenvalue weighted by Gasteiger charge is -2.30. The van der Waals surface area contributed by atoms with Crippen molar-refractivity contribution < 1.29 is 4.79 Å². The van der Waals surface area contributed by atoms with Gasteiger partial charge in [0, 0.05) is 43.0 Å². The predicted molar refractivity (Wildman–Crippen MR) is 119 cm³/mol. The van der Waals surface area contributed by atoms with Crippen molar-refractivity contribution in [3.8, 4) is 0 Å². The molecular weight excluding hydrogens is 409 g/mol. The highest BCUT2D eigenvalue weighted by Crippen LogP contribution is 2.25. The van der Waals surface area contributed by atoms with E-state index in [1.165, 1.54) is 0 Å². The van der Waals surface area contributed by atoms with Gasteiger partial charge in [-0.15, -0.1) is 0 Å². The highest BCUT2D eigenvalue weighted by atomic mass is 35.5. The summed E-state index contributed by atoms with van der Waals surface area (Å²) in [5.41, 5.74) is 2.60. The van der Waals surface area contributed by atoms with E-state index in [2.05, 4.69) is 20.6 Å². The number of aryl methyl sites for hydroxylation is 1. The van der Waals surface area contributed by atoms with Crippen LogP contribution in [0.15, 0.2) is 18.2 Å². The van der Waals surface area contributed by atoms with Crippen LogP contribution in [0.5, 0.6) is 0 Å². The summed E-state index contributed by atoms with van der Waals surface area (Å²) in [5.74, 6) is 1.48. The van der Waals surface area contributed by atoms with Gasteiger partial charge in [-0.1, -0.05) is 23.2 Å². The minimum absolute atomic E-state index is 0.118. The molecule has 0 atom stereocenters. The molecule has 1 aromatic heterocycles. The summed E-state index contributed by atoms with van der Waals surface area (Å²) >= 11 is 11.9. The largest absolute Gasteiger partial charge is 0.362 e. The molecule has 1 aromatic carbocycles. The Morgan fingerprint density at radius 1 is 1.03 bits per heavy atom. The van der Waals surface area contributed by atoms with Crippen LogP contribution in [-0.2, 0) is 0 Å². The molecule has 6 nitrogen and oxygen atoms in total. The van der Waals surface area contributed by atoms with Gasteiger partial charge in [0.05, 0.1) is 10.0 Å². The third kappa shape index (κ3) is 5.31. The Labute approximate surface area is 182 Å². The topological polar surface area (TPSA) is 70.1 Å². The zero-order valence-corrected chi connectivity index (χ0v) is 18.7. The fourth-order valence-corrected chi connectivity index (χ4v) is 3.88. The molecule has 3 rings (SSSR count). The fourth-order valence-electron chi connectivity index (χ4n) is 3.58. The monoisotopic (exact) mass is 435 g/mol. The van der Waals surface area contributed by atoms with Crippen molar-refractivity contribution in [2.24, 2.45) is 0 Å². The summed E-state index contributed by atoms with van der Waals surface area (Å²) in [6.45, 7) is 4.04. The van der Waals surface area contributed by atoms with Crippen molar-refractivity contribution in [1.82, 2.24) is 15.3 Å². The molecule has 0 bridgehead atoms. The number of carbonyl (C=O) groups excluding carboxylic acids is 1. The first-order valence-corrected chi connectivity index (χ1v) is 10.5. The highest BCUT2D eigenvalue weighted by Gasteiger charge is 2.24. The summed E-state index contributed by atoms with van der Waals surface area (Å²) in [6, 6.07) is 5.38. The number of nitrogens with zero attached hydrogens (tertiary/aromatic N) is 3. The molecular formula is C21H27Cl2N5O. The minimum Gasteiger partial charge on any atom is -0.362 e. The van der Waals surface area contributed by atoms with Crippen molar-refractivity contribution in [2.75, 3.05) is 24.3 Å².